The first-order chi connectivity index (χ1) is 11.4. The van der Waals surface area contributed by atoms with Crippen molar-refractivity contribution in [3.05, 3.63) is 6.33 Å². The van der Waals surface area contributed by atoms with Crippen LogP contribution in [-0.2, 0) is 9.53 Å². The Kier molecular flexibility index (Phi) is 4.66. The van der Waals surface area contributed by atoms with Gasteiger partial charge in [0.25, 0.3) is 0 Å². The van der Waals surface area contributed by atoms with Gasteiger partial charge in [0.05, 0.1) is 0 Å². The zero-order valence-corrected chi connectivity index (χ0v) is 13.3. The molecule has 10 heteroatoms. The fourth-order valence-electron chi connectivity index (χ4n) is 3.50. The van der Waals surface area contributed by atoms with E-state index in [0.29, 0.717) is 25.9 Å². The number of carbonyl (C=O) groups excluding carboxylic acids is 1. The van der Waals surface area contributed by atoms with Gasteiger partial charge < -0.3 is 15.0 Å². The van der Waals surface area contributed by atoms with Crippen molar-refractivity contribution in [3.8, 4) is 0 Å². The molecule has 0 radical (unpaired) electrons. The number of hydrogen-bond acceptors (Lipinski definition) is 5. The molecule has 1 amide bonds. The van der Waals surface area contributed by atoms with Crippen LogP contribution in [0.25, 0.3) is 0 Å². The van der Waals surface area contributed by atoms with Crippen LogP contribution in [0.1, 0.15) is 25.3 Å². The summed E-state index contributed by atoms with van der Waals surface area (Å²) in [6, 6.07) is -1.98. The van der Waals surface area contributed by atoms with Gasteiger partial charge in [-0.1, -0.05) is 0 Å². The molecule has 0 unspecified atom stereocenters. The van der Waals surface area contributed by atoms with Gasteiger partial charge in [-0.2, -0.15) is 23.3 Å². The lowest BCUT2D eigenvalue weighted by Gasteiger charge is -2.40. The van der Waals surface area contributed by atoms with Crippen LogP contribution in [0.5, 0.6) is 0 Å². The Morgan fingerprint density at radius 2 is 2.12 bits per heavy atom. The van der Waals surface area contributed by atoms with Crippen molar-refractivity contribution in [2.45, 2.75) is 37.5 Å². The highest BCUT2D eigenvalue weighted by molar-refractivity contribution is 5.77. The molecule has 0 spiro atoms. The zero-order chi connectivity index (χ0) is 17.3. The van der Waals surface area contributed by atoms with Crippen molar-refractivity contribution >= 4 is 11.9 Å². The summed E-state index contributed by atoms with van der Waals surface area (Å²) < 4.78 is 45.7. The third-order valence-corrected chi connectivity index (χ3v) is 4.77. The number of nitrogens with one attached hydrogen (secondary N) is 1. The van der Waals surface area contributed by atoms with Gasteiger partial charge in [-0.15, -0.1) is 0 Å². The Balaban J connectivity index is 1.66. The van der Waals surface area contributed by atoms with Crippen molar-refractivity contribution in [1.29, 1.82) is 0 Å². The number of aromatic nitrogens is 3. The molecule has 1 N–H and O–H groups in total. The maximum absolute atomic E-state index is 13.3. The molecular formula is C14H20F3N5O2. The average Bonchev–Trinajstić information content (AvgIpc) is 3.01. The van der Waals surface area contributed by atoms with Crippen molar-refractivity contribution in [2.75, 3.05) is 32.1 Å². The highest BCUT2D eigenvalue weighted by Gasteiger charge is 2.48. The normalized spacial score (nSPS) is 25.2. The molecule has 1 saturated heterocycles. The molecular weight excluding hydrogens is 327 g/mol. The predicted molar refractivity (Wildman–Crippen MR) is 78.3 cm³/mol. The zero-order valence-electron chi connectivity index (χ0n) is 13.3. The Labute approximate surface area is 137 Å². The number of fused-ring (bicyclic) bond motifs is 1. The van der Waals surface area contributed by atoms with Crippen LogP contribution in [0.4, 0.5) is 19.1 Å². The van der Waals surface area contributed by atoms with E-state index in [-0.39, 0.29) is 36.8 Å². The molecule has 3 rings (SSSR count). The molecule has 3 heterocycles. The van der Waals surface area contributed by atoms with E-state index in [1.165, 1.54) is 7.11 Å². The quantitative estimate of drug-likeness (QED) is 0.896. The van der Waals surface area contributed by atoms with Gasteiger partial charge in [0.2, 0.25) is 11.9 Å². The Bertz CT molecular complexity index is 583. The maximum atomic E-state index is 13.3. The van der Waals surface area contributed by atoms with Crippen LogP contribution >= 0.6 is 0 Å². The molecule has 1 fully saturated rings. The number of rotatable bonds is 3. The molecule has 0 saturated carbocycles. The van der Waals surface area contributed by atoms with Crippen LogP contribution in [0.15, 0.2) is 6.33 Å². The van der Waals surface area contributed by atoms with Gasteiger partial charge in [-0.25, -0.2) is 4.68 Å². The van der Waals surface area contributed by atoms with E-state index in [4.69, 9.17) is 4.74 Å². The average molecular weight is 347 g/mol. The van der Waals surface area contributed by atoms with Crippen molar-refractivity contribution in [2.24, 2.45) is 5.92 Å². The first-order valence-corrected chi connectivity index (χ1v) is 7.89. The Morgan fingerprint density at radius 1 is 1.42 bits per heavy atom. The van der Waals surface area contributed by atoms with Crippen LogP contribution in [-0.4, -0.2) is 64.6 Å². The van der Waals surface area contributed by atoms with Crippen molar-refractivity contribution < 1.29 is 22.7 Å². The van der Waals surface area contributed by atoms with Crippen LogP contribution in [0.3, 0.4) is 0 Å². The first-order valence-electron chi connectivity index (χ1n) is 7.89. The largest absolute Gasteiger partial charge is 0.411 e. The number of likely N-dealkylation sites (tertiary alicyclic amines) is 1. The fraction of sp³-hybridized carbons (Fsp3) is 0.786. The summed E-state index contributed by atoms with van der Waals surface area (Å²) in [4.78, 5) is 17.4. The summed E-state index contributed by atoms with van der Waals surface area (Å²) in [6.07, 6.45) is -1.98. The van der Waals surface area contributed by atoms with Crippen LogP contribution in [0.2, 0.25) is 0 Å². The third-order valence-electron chi connectivity index (χ3n) is 4.77. The lowest BCUT2D eigenvalue weighted by Crippen LogP contribution is -2.47. The minimum atomic E-state index is -4.36. The summed E-state index contributed by atoms with van der Waals surface area (Å²) in [6.45, 7) is 1.11. The summed E-state index contributed by atoms with van der Waals surface area (Å²) in [5.41, 5.74) is 0. The van der Waals surface area contributed by atoms with Gasteiger partial charge in [-0.05, 0) is 25.2 Å². The summed E-state index contributed by atoms with van der Waals surface area (Å²) in [5, 5.41) is 6.78. The number of carbonyl (C=O) groups is 1. The standard InChI is InChI=1S/C14H20F3N5O2/c1-24-7-12(23)21-4-2-9(3-5-21)10-6-11(14(15,16)17)22-13(20-10)18-8-19-22/h8-11H,2-7H2,1H3,(H,18,19,20)/t10-,11+/m0/s1. The van der Waals surface area contributed by atoms with E-state index in [1.807, 2.05) is 0 Å². The highest BCUT2D eigenvalue weighted by Crippen LogP contribution is 2.41. The molecule has 2 aliphatic heterocycles. The lowest BCUT2D eigenvalue weighted by atomic mass is 9.85. The molecule has 24 heavy (non-hydrogen) atoms. The molecule has 0 aliphatic carbocycles. The van der Waals surface area contributed by atoms with Gasteiger partial charge in [0.1, 0.15) is 12.9 Å². The van der Waals surface area contributed by atoms with E-state index < -0.39 is 12.2 Å². The second-order valence-corrected chi connectivity index (χ2v) is 6.22. The fourth-order valence-corrected chi connectivity index (χ4v) is 3.50. The number of anilines is 1. The minimum Gasteiger partial charge on any atom is -0.375 e. The molecule has 2 aliphatic rings. The van der Waals surface area contributed by atoms with Gasteiger partial charge in [0, 0.05) is 26.2 Å². The van der Waals surface area contributed by atoms with Crippen LogP contribution in [0, 0.1) is 5.92 Å². The van der Waals surface area contributed by atoms with E-state index >= 15 is 0 Å². The van der Waals surface area contributed by atoms with Crippen LogP contribution < -0.4 is 5.32 Å². The SMILES string of the molecule is COCC(=O)N1CCC([C@@H]2C[C@H](C(F)(F)F)n3ncnc3N2)CC1. The Hall–Kier alpha value is -1.84. The summed E-state index contributed by atoms with van der Waals surface area (Å²) in [7, 11) is 1.46. The molecule has 7 nitrogen and oxygen atoms in total. The van der Waals surface area contributed by atoms with Gasteiger partial charge >= 0.3 is 6.18 Å². The van der Waals surface area contributed by atoms with E-state index in [1.54, 1.807) is 4.90 Å². The number of hydrogen-bond donors (Lipinski definition) is 1. The second kappa shape index (κ2) is 6.58. The maximum Gasteiger partial charge on any atom is 0.411 e. The number of methoxy groups -OCH3 is 1. The summed E-state index contributed by atoms with van der Waals surface area (Å²) >= 11 is 0. The molecule has 2 atom stereocenters. The molecule has 1 aromatic heterocycles. The van der Waals surface area contributed by atoms with Gasteiger partial charge in [-0.3, -0.25) is 4.79 Å². The molecule has 134 valence electrons. The minimum absolute atomic E-state index is 0.0333. The predicted octanol–water partition coefficient (Wildman–Crippen LogP) is 1.45. The highest BCUT2D eigenvalue weighted by atomic mass is 19.4. The monoisotopic (exact) mass is 347 g/mol. The molecule has 1 aromatic rings. The van der Waals surface area contributed by atoms with Crippen molar-refractivity contribution in [3.63, 3.8) is 0 Å². The lowest BCUT2D eigenvalue weighted by molar-refractivity contribution is -0.174. The van der Waals surface area contributed by atoms with E-state index in [0.717, 1.165) is 11.0 Å². The third kappa shape index (κ3) is 3.33. The van der Waals surface area contributed by atoms with E-state index in [9.17, 15) is 18.0 Å². The van der Waals surface area contributed by atoms with Crippen molar-refractivity contribution in [1.82, 2.24) is 19.7 Å². The second-order valence-electron chi connectivity index (χ2n) is 6.22. The first kappa shape index (κ1) is 17.0. The number of nitrogens with zero attached hydrogens (tertiary/aromatic N) is 4. The molecule has 0 bridgehead atoms. The van der Waals surface area contributed by atoms with E-state index in [2.05, 4.69) is 15.4 Å². The number of halogens is 3. The smallest absolute Gasteiger partial charge is 0.375 e. The number of amides is 1. The molecule has 0 aromatic carbocycles. The summed E-state index contributed by atoms with van der Waals surface area (Å²) in [5.74, 6) is 0.138. The number of alkyl halides is 3. The number of piperidine rings is 1. The number of ether oxygens (including phenoxy) is 1. The van der Waals surface area contributed by atoms with Gasteiger partial charge in [0.15, 0.2) is 6.04 Å². The topological polar surface area (TPSA) is 72.3 Å². The Morgan fingerprint density at radius 3 is 2.75 bits per heavy atom.